The highest BCUT2D eigenvalue weighted by molar-refractivity contribution is 5.86. The van der Waals surface area contributed by atoms with Crippen LogP contribution in [-0.4, -0.2) is 11.2 Å². The van der Waals surface area contributed by atoms with E-state index in [0.717, 1.165) is 5.75 Å². The molecule has 0 spiro atoms. The van der Waals surface area contributed by atoms with Crippen LogP contribution in [0.2, 0.25) is 0 Å². The highest BCUT2D eigenvalue weighted by atomic mass is 16.5. The van der Waals surface area contributed by atoms with Gasteiger partial charge >= 0.3 is 0 Å². The normalized spacial score (nSPS) is 15.8. The number of benzene rings is 1. The summed E-state index contributed by atoms with van der Waals surface area (Å²) in [6, 6.07) is 9.93. The van der Waals surface area contributed by atoms with Gasteiger partial charge in [-0.15, -0.1) is 0 Å². The Hall–Kier alpha value is -1.44. The number of hydrogen-bond acceptors (Lipinski definition) is 1. The van der Waals surface area contributed by atoms with Crippen molar-refractivity contribution in [3.63, 3.8) is 0 Å². The van der Waals surface area contributed by atoms with Crippen molar-refractivity contribution >= 4 is 10.9 Å². The molecule has 2 aromatic rings. The molecule has 1 heterocycles. The van der Waals surface area contributed by atoms with Gasteiger partial charge in [-0.05, 0) is 44.0 Å². The van der Waals surface area contributed by atoms with Crippen molar-refractivity contribution in [2.75, 3.05) is 6.61 Å². The molecule has 15 heavy (non-hydrogen) atoms. The van der Waals surface area contributed by atoms with Gasteiger partial charge in [-0.2, -0.15) is 0 Å². The van der Waals surface area contributed by atoms with Crippen LogP contribution in [0.4, 0.5) is 0 Å². The van der Waals surface area contributed by atoms with E-state index < -0.39 is 0 Å². The fourth-order valence-corrected chi connectivity index (χ4v) is 2.05. The summed E-state index contributed by atoms with van der Waals surface area (Å²) in [6.45, 7) is 2.73. The summed E-state index contributed by atoms with van der Waals surface area (Å²) in [7, 11) is 0. The number of fused-ring (bicyclic) bond motifs is 1. The number of hydrogen-bond donors (Lipinski definition) is 0. The number of aromatic nitrogens is 1. The van der Waals surface area contributed by atoms with E-state index >= 15 is 0 Å². The van der Waals surface area contributed by atoms with E-state index in [9.17, 15) is 0 Å². The molecule has 0 amide bonds. The van der Waals surface area contributed by atoms with E-state index in [0.29, 0.717) is 12.6 Å². The van der Waals surface area contributed by atoms with Gasteiger partial charge in [0, 0.05) is 17.6 Å². The maximum absolute atomic E-state index is 5.64. The van der Waals surface area contributed by atoms with Crippen LogP contribution >= 0.6 is 0 Å². The third-order valence-electron chi connectivity index (χ3n) is 2.87. The number of nitrogens with zero attached hydrogens (tertiary/aromatic N) is 1. The first-order valence-corrected chi connectivity index (χ1v) is 5.53. The summed E-state index contributed by atoms with van der Waals surface area (Å²) in [5.41, 5.74) is 1.23. The second-order valence-corrected chi connectivity index (χ2v) is 4.01. The topological polar surface area (TPSA) is 14.2 Å². The second kappa shape index (κ2) is 3.30. The van der Waals surface area contributed by atoms with Gasteiger partial charge < -0.3 is 9.30 Å². The Morgan fingerprint density at radius 2 is 2.33 bits per heavy atom. The Balaban J connectivity index is 2.19. The number of rotatable bonds is 3. The molecule has 1 radical (unpaired) electrons. The molecule has 2 heteroatoms. The molecule has 0 aliphatic heterocycles. The summed E-state index contributed by atoms with van der Waals surface area (Å²) in [5, 5.41) is 1.23. The van der Waals surface area contributed by atoms with Gasteiger partial charge in [-0.1, -0.05) is 0 Å². The smallest absolute Gasteiger partial charge is 0.144 e. The zero-order chi connectivity index (χ0) is 10.3. The van der Waals surface area contributed by atoms with Crippen LogP contribution < -0.4 is 4.74 Å². The van der Waals surface area contributed by atoms with Gasteiger partial charge in [0.15, 0.2) is 0 Å². The lowest BCUT2D eigenvalue weighted by Gasteiger charge is -2.08. The van der Waals surface area contributed by atoms with Crippen molar-refractivity contribution < 1.29 is 4.74 Å². The van der Waals surface area contributed by atoms with Crippen LogP contribution in [0.15, 0.2) is 24.4 Å². The zero-order valence-electron chi connectivity index (χ0n) is 8.86. The van der Waals surface area contributed by atoms with Crippen LogP contribution in [0, 0.1) is 6.07 Å². The maximum Gasteiger partial charge on any atom is 0.144 e. The molecule has 77 valence electrons. The third-order valence-corrected chi connectivity index (χ3v) is 2.87. The van der Waals surface area contributed by atoms with Gasteiger partial charge in [0.1, 0.15) is 5.75 Å². The fraction of sp³-hybridized carbons (Fsp3) is 0.385. The maximum atomic E-state index is 5.64. The molecule has 1 aromatic heterocycles. The molecule has 0 unspecified atom stereocenters. The predicted octanol–water partition coefficient (Wildman–Crippen LogP) is 3.18. The van der Waals surface area contributed by atoms with Gasteiger partial charge in [-0.25, -0.2) is 0 Å². The Morgan fingerprint density at radius 3 is 3.07 bits per heavy atom. The summed E-state index contributed by atoms with van der Waals surface area (Å²) in [5.74, 6) is 0.965. The van der Waals surface area contributed by atoms with E-state index in [4.69, 9.17) is 4.74 Å². The summed E-state index contributed by atoms with van der Waals surface area (Å²) in [6.07, 6.45) is 4.76. The Bertz CT molecular complexity index is 482. The fourth-order valence-electron chi connectivity index (χ4n) is 2.05. The van der Waals surface area contributed by atoms with Crippen molar-refractivity contribution in [2.24, 2.45) is 0 Å². The Labute approximate surface area is 89.5 Å². The van der Waals surface area contributed by atoms with E-state index in [1.54, 1.807) is 0 Å². The molecule has 3 rings (SSSR count). The van der Waals surface area contributed by atoms with Crippen molar-refractivity contribution in [2.45, 2.75) is 25.8 Å². The average Bonchev–Trinajstić information content (AvgIpc) is 3.00. The van der Waals surface area contributed by atoms with Gasteiger partial charge in [0.2, 0.25) is 0 Å². The van der Waals surface area contributed by atoms with Crippen molar-refractivity contribution in [3.8, 4) is 5.75 Å². The lowest BCUT2D eigenvalue weighted by Crippen LogP contribution is -1.97. The molecule has 1 aliphatic carbocycles. The summed E-state index contributed by atoms with van der Waals surface area (Å²) < 4.78 is 7.99. The molecule has 1 aliphatic rings. The Kier molecular flexibility index (Phi) is 1.94. The van der Waals surface area contributed by atoms with E-state index in [1.165, 1.54) is 23.7 Å². The molecule has 2 nitrogen and oxygen atoms in total. The van der Waals surface area contributed by atoms with Crippen LogP contribution in [0.1, 0.15) is 25.8 Å². The van der Waals surface area contributed by atoms with Crippen LogP contribution in [-0.2, 0) is 0 Å². The third kappa shape index (κ3) is 1.41. The van der Waals surface area contributed by atoms with Crippen molar-refractivity contribution in [3.05, 3.63) is 30.5 Å². The van der Waals surface area contributed by atoms with Gasteiger partial charge in [0.25, 0.3) is 0 Å². The quantitative estimate of drug-likeness (QED) is 0.742. The molecule has 1 fully saturated rings. The first-order chi connectivity index (χ1) is 7.40. The number of ether oxygens (including phenoxy) is 1. The van der Waals surface area contributed by atoms with Crippen LogP contribution in [0.3, 0.4) is 0 Å². The van der Waals surface area contributed by atoms with E-state index in [-0.39, 0.29) is 0 Å². The molecular formula is C13H14NO. The van der Waals surface area contributed by atoms with Crippen molar-refractivity contribution in [1.82, 2.24) is 4.57 Å². The van der Waals surface area contributed by atoms with Gasteiger partial charge in [0.05, 0.1) is 12.1 Å². The molecule has 0 N–H and O–H groups in total. The minimum atomic E-state index is 0.698. The zero-order valence-corrected chi connectivity index (χ0v) is 8.86. The SMILES string of the molecule is CCOc1c[c]cc2ccn(C3CC3)c12. The highest BCUT2D eigenvalue weighted by Crippen LogP contribution is 2.40. The molecular weight excluding hydrogens is 186 g/mol. The van der Waals surface area contributed by atoms with Crippen molar-refractivity contribution in [1.29, 1.82) is 0 Å². The lowest BCUT2D eigenvalue weighted by molar-refractivity contribution is 0.342. The van der Waals surface area contributed by atoms with Crippen LogP contribution in [0.5, 0.6) is 5.75 Å². The summed E-state index contributed by atoms with van der Waals surface area (Å²) in [4.78, 5) is 0. The monoisotopic (exact) mass is 200 g/mol. The summed E-state index contributed by atoms with van der Waals surface area (Å²) >= 11 is 0. The molecule has 1 aromatic carbocycles. The second-order valence-electron chi connectivity index (χ2n) is 4.01. The largest absolute Gasteiger partial charge is 0.492 e. The molecule has 1 saturated carbocycles. The predicted molar refractivity (Wildman–Crippen MR) is 60.2 cm³/mol. The molecule has 0 bridgehead atoms. The molecule has 0 saturated heterocycles. The standard InChI is InChI=1S/C13H14NO/c1-2-15-12-5-3-4-10-8-9-14(13(10)12)11-6-7-11/h4-5,8-9,11H,2,6-7H2,1H3. The molecule has 0 atom stereocenters. The van der Waals surface area contributed by atoms with Gasteiger partial charge in [-0.3, -0.25) is 0 Å². The first kappa shape index (κ1) is 8.84. The average molecular weight is 200 g/mol. The van der Waals surface area contributed by atoms with E-state index in [1.807, 2.05) is 19.1 Å². The highest BCUT2D eigenvalue weighted by Gasteiger charge is 2.25. The van der Waals surface area contributed by atoms with E-state index in [2.05, 4.69) is 22.9 Å². The van der Waals surface area contributed by atoms with Crippen LogP contribution in [0.25, 0.3) is 10.9 Å². The minimum Gasteiger partial charge on any atom is -0.492 e. The minimum absolute atomic E-state index is 0.698. The lowest BCUT2D eigenvalue weighted by atomic mass is 10.2. The Morgan fingerprint density at radius 1 is 1.47 bits per heavy atom. The first-order valence-electron chi connectivity index (χ1n) is 5.53.